The second-order valence-corrected chi connectivity index (χ2v) is 13.9. The van der Waals surface area contributed by atoms with Gasteiger partial charge in [0.25, 0.3) is 0 Å². The topological polar surface area (TPSA) is 13.1 Å². The molecule has 0 unspecified atom stereocenters. The van der Waals surface area contributed by atoms with Crippen molar-refractivity contribution in [2.75, 3.05) is 0 Å². The highest BCUT2D eigenvalue weighted by Gasteiger charge is 2.34. The van der Waals surface area contributed by atoms with Crippen LogP contribution in [0.25, 0.3) is 43.6 Å². The monoisotopic (exact) mass is 502 g/mol. The molecule has 2 heterocycles. The Balaban J connectivity index is 1.72. The maximum absolute atomic E-state index is 7.04. The largest absolute Gasteiger partial charge is 0.455 e. The second kappa shape index (κ2) is 8.30. The Morgan fingerprint density at radius 1 is 0.737 bits per heavy atom. The smallest absolute Gasteiger partial charge is 0.228 e. The number of aromatic nitrogens is 1. The summed E-state index contributed by atoms with van der Waals surface area (Å²) >= 11 is 0. The number of pyridine rings is 1. The van der Waals surface area contributed by atoms with Gasteiger partial charge in [0.1, 0.15) is 18.5 Å². The van der Waals surface area contributed by atoms with Crippen molar-refractivity contribution >= 4 is 32.3 Å². The first-order chi connectivity index (χ1) is 17.8. The highest BCUT2D eigenvalue weighted by atomic mass is 16.5. The molecule has 0 saturated carbocycles. The third-order valence-corrected chi connectivity index (χ3v) is 7.93. The van der Waals surface area contributed by atoms with Gasteiger partial charge in [-0.3, -0.25) is 0 Å². The van der Waals surface area contributed by atoms with E-state index in [1.54, 1.807) is 0 Å². The van der Waals surface area contributed by atoms with Crippen LogP contribution in [0.2, 0.25) is 0 Å². The summed E-state index contributed by atoms with van der Waals surface area (Å²) in [6.45, 7) is 18.3. The van der Waals surface area contributed by atoms with Crippen LogP contribution in [0.1, 0.15) is 63.8 Å². The van der Waals surface area contributed by atoms with Gasteiger partial charge in [-0.05, 0) is 76.3 Å². The van der Waals surface area contributed by atoms with Crippen molar-refractivity contribution in [3.05, 3.63) is 77.0 Å². The molecule has 0 saturated heterocycles. The van der Waals surface area contributed by atoms with E-state index in [1.165, 1.54) is 65.8 Å². The van der Waals surface area contributed by atoms with E-state index in [1.807, 2.05) is 0 Å². The molecule has 194 valence electrons. The van der Waals surface area contributed by atoms with Gasteiger partial charge in [-0.25, -0.2) is 4.57 Å². The van der Waals surface area contributed by atoms with E-state index < -0.39 is 0 Å². The van der Waals surface area contributed by atoms with Gasteiger partial charge in [-0.1, -0.05) is 83.5 Å². The maximum atomic E-state index is 7.04. The number of benzene rings is 4. The van der Waals surface area contributed by atoms with Crippen molar-refractivity contribution in [2.45, 2.75) is 68.2 Å². The Hall–Kier alpha value is -3.39. The van der Waals surface area contributed by atoms with Gasteiger partial charge in [0.15, 0.2) is 6.20 Å². The quantitative estimate of drug-likeness (QED) is 0.170. The van der Waals surface area contributed by atoms with Gasteiger partial charge in [-0.2, -0.15) is 0 Å². The van der Waals surface area contributed by atoms with Crippen LogP contribution in [0.15, 0.2) is 54.7 Å². The Morgan fingerprint density at radius 2 is 1.45 bits per heavy atom. The molecule has 0 amide bonds. The average Bonchev–Trinajstić information content (AvgIpc) is 2.81. The fraction of sp³-hybridized carbons (Fsp3) is 0.361. The SMILES string of the molecule is Cc1ccc2c(CC(C)(C)C)c3c(c(C)c2c1)-c1c2c(cc4cc(CC(C)(C)C)ccc4c2cc[n+]1C)O3. The normalized spacial score (nSPS) is 13.3. The van der Waals surface area contributed by atoms with E-state index in [0.29, 0.717) is 0 Å². The van der Waals surface area contributed by atoms with E-state index in [0.717, 1.165) is 24.3 Å². The molecule has 0 radical (unpaired) electrons. The summed E-state index contributed by atoms with van der Waals surface area (Å²) in [5.74, 6) is 2.01. The van der Waals surface area contributed by atoms with Gasteiger partial charge in [0.05, 0.1) is 10.9 Å². The highest BCUT2D eigenvalue weighted by molar-refractivity contribution is 6.16. The minimum absolute atomic E-state index is 0.129. The van der Waals surface area contributed by atoms with Gasteiger partial charge in [-0.15, -0.1) is 0 Å². The third kappa shape index (κ3) is 4.06. The molecule has 2 heteroatoms. The zero-order valence-electron chi connectivity index (χ0n) is 24.5. The van der Waals surface area contributed by atoms with Crippen LogP contribution in [0.5, 0.6) is 11.5 Å². The van der Waals surface area contributed by atoms with Crippen LogP contribution >= 0.6 is 0 Å². The number of ether oxygens (including phenoxy) is 1. The molecule has 5 aromatic rings. The number of hydrogen-bond acceptors (Lipinski definition) is 1. The minimum Gasteiger partial charge on any atom is -0.455 e. The maximum Gasteiger partial charge on any atom is 0.228 e. The number of fused-ring (bicyclic) bond motifs is 5. The van der Waals surface area contributed by atoms with Gasteiger partial charge in [0, 0.05) is 17.0 Å². The molecule has 0 bridgehead atoms. The summed E-state index contributed by atoms with van der Waals surface area (Å²) in [6, 6.07) is 18.4. The van der Waals surface area contributed by atoms with Crippen LogP contribution < -0.4 is 9.30 Å². The van der Waals surface area contributed by atoms with E-state index in [4.69, 9.17) is 4.74 Å². The number of hydrogen-bond donors (Lipinski definition) is 0. The molecular formula is C36H40NO+. The lowest BCUT2D eigenvalue weighted by Gasteiger charge is -2.28. The van der Waals surface area contributed by atoms with Crippen LogP contribution in [0, 0.1) is 24.7 Å². The molecule has 2 nitrogen and oxygen atoms in total. The summed E-state index contributed by atoms with van der Waals surface area (Å²) in [4.78, 5) is 0. The Labute approximate surface area is 227 Å². The van der Waals surface area contributed by atoms with Gasteiger partial charge < -0.3 is 4.74 Å². The second-order valence-electron chi connectivity index (χ2n) is 13.9. The highest BCUT2D eigenvalue weighted by Crippen LogP contribution is 2.52. The number of nitrogens with zero attached hydrogens (tertiary/aromatic N) is 1. The van der Waals surface area contributed by atoms with Gasteiger partial charge >= 0.3 is 0 Å². The van der Waals surface area contributed by atoms with E-state index in [9.17, 15) is 0 Å². The summed E-state index contributed by atoms with van der Waals surface area (Å²) in [5, 5.41) is 7.67. The summed E-state index contributed by atoms with van der Waals surface area (Å²) in [5.41, 5.74) is 8.15. The van der Waals surface area contributed by atoms with E-state index >= 15 is 0 Å². The van der Waals surface area contributed by atoms with Crippen LogP contribution in [0.3, 0.4) is 0 Å². The standard InChI is InChI=1S/C36H40NO/c1-21-10-12-26-28(16-21)22(2)31-33-32-27(14-15-37(33)9)25-13-11-23(19-35(3,4)5)17-24(25)18-30(32)38-34(31)29(26)20-36(6,7)8/h10-18H,19-20H2,1-9H3/q+1. The number of aryl methyl sites for hydroxylation is 3. The Morgan fingerprint density at radius 3 is 2.16 bits per heavy atom. The lowest BCUT2D eigenvalue weighted by Crippen LogP contribution is -2.32. The van der Waals surface area contributed by atoms with E-state index in [2.05, 4.69) is 122 Å². The molecule has 0 N–H and O–H groups in total. The molecule has 1 aliphatic heterocycles. The summed E-state index contributed by atoms with van der Waals surface area (Å²) < 4.78 is 9.33. The molecule has 0 spiro atoms. The fourth-order valence-electron chi connectivity index (χ4n) is 6.44. The molecule has 0 atom stereocenters. The average molecular weight is 503 g/mol. The van der Waals surface area contributed by atoms with E-state index in [-0.39, 0.29) is 10.8 Å². The molecule has 1 aliphatic rings. The first-order valence-electron chi connectivity index (χ1n) is 13.9. The zero-order chi connectivity index (χ0) is 27.1. The molecule has 6 rings (SSSR count). The summed E-state index contributed by atoms with van der Waals surface area (Å²) in [7, 11) is 2.17. The van der Waals surface area contributed by atoms with Crippen molar-refractivity contribution in [1.82, 2.24) is 0 Å². The predicted molar refractivity (Wildman–Crippen MR) is 161 cm³/mol. The fourth-order valence-corrected chi connectivity index (χ4v) is 6.44. The summed E-state index contributed by atoms with van der Waals surface area (Å²) in [6.07, 6.45) is 4.23. The van der Waals surface area contributed by atoms with Crippen LogP contribution in [0.4, 0.5) is 0 Å². The van der Waals surface area contributed by atoms with Crippen molar-refractivity contribution in [1.29, 1.82) is 0 Å². The third-order valence-electron chi connectivity index (χ3n) is 7.93. The van der Waals surface area contributed by atoms with Crippen LogP contribution in [-0.4, -0.2) is 0 Å². The van der Waals surface area contributed by atoms with Crippen molar-refractivity contribution in [2.24, 2.45) is 17.9 Å². The van der Waals surface area contributed by atoms with Crippen molar-refractivity contribution in [3.63, 3.8) is 0 Å². The first kappa shape index (κ1) is 24.9. The number of rotatable bonds is 2. The molecule has 0 fully saturated rings. The van der Waals surface area contributed by atoms with Gasteiger partial charge in [0.2, 0.25) is 5.69 Å². The Bertz CT molecular complexity index is 1780. The molecule has 38 heavy (non-hydrogen) atoms. The first-order valence-corrected chi connectivity index (χ1v) is 13.9. The lowest BCUT2D eigenvalue weighted by atomic mass is 9.81. The van der Waals surface area contributed by atoms with Crippen LogP contribution in [-0.2, 0) is 19.9 Å². The molecular weight excluding hydrogens is 462 g/mol. The zero-order valence-corrected chi connectivity index (χ0v) is 24.5. The lowest BCUT2D eigenvalue weighted by molar-refractivity contribution is -0.659. The molecule has 1 aromatic heterocycles. The molecule has 0 aliphatic carbocycles. The predicted octanol–water partition coefficient (Wildman–Crippen LogP) is 9.54. The minimum atomic E-state index is 0.129. The van der Waals surface area contributed by atoms with Crippen molar-refractivity contribution < 1.29 is 9.30 Å². The van der Waals surface area contributed by atoms with Crippen molar-refractivity contribution in [3.8, 4) is 22.8 Å². The molecule has 4 aromatic carbocycles. The Kier molecular flexibility index (Phi) is 5.44.